The number of likely N-dealkylation sites (tertiary alicyclic amines) is 1. The fraction of sp³-hybridized carbons (Fsp3) is 0.632. The van der Waals surface area contributed by atoms with Crippen LogP contribution in [0.1, 0.15) is 44.1 Å². The van der Waals surface area contributed by atoms with Crippen molar-refractivity contribution in [2.45, 2.75) is 63.1 Å². The van der Waals surface area contributed by atoms with Crippen LogP contribution in [0.3, 0.4) is 0 Å². The molecule has 2 N–H and O–H groups in total. The van der Waals surface area contributed by atoms with Crippen LogP contribution in [-0.2, 0) is 6.42 Å². The number of nitrogens with one attached hydrogen (secondary N) is 1. The van der Waals surface area contributed by atoms with Crippen molar-refractivity contribution in [3.63, 3.8) is 0 Å². The zero-order valence-corrected chi connectivity index (χ0v) is 14.4. The maximum absolute atomic E-state index is 12.7. The second-order valence-electron chi connectivity index (χ2n) is 6.96. The molecule has 1 aliphatic carbocycles. The maximum atomic E-state index is 12.7. The minimum Gasteiger partial charge on any atom is -0.496 e. The van der Waals surface area contributed by atoms with Gasteiger partial charge in [0.1, 0.15) is 5.75 Å². The molecule has 2 aliphatic rings. The van der Waals surface area contributed by atoms with Crippen LogP contribution in [0, 0.1) is 0 Å². The van der Waals surface area contributed by atoms with Crippen LogP contribution < -0.4 is 10.1 Å². The molecule has 1 atom stereocenters. The number of rotatable bonds is 4. The van der Waals surface area contributed by atoms with Gasteiger partial charge < -0.3 is 20.1 Å². The lowest BCUT2D eigenvalue weighted by atomic mass is 9.93. The molecule has 1 saturated heterocycles. The van der Waals surface area contributed by atoms with Gasteiger partial charge >= 0.3 is 6.03 Å². The molecule has 0 spiro atoms. The Kier molecular flexibility index (Phi) is 5.61. The number of ether oxygens (including phenoxy) is 1. The Morgan fingerprint density at radius 3 is 2.75 bits per heavy atom. The van der Waals surface area contributed by atoms with E-state index in [9.17, 15) is 9.90 Å². The SMILES string of the molecule is COc1ccccc1CC1CCCN1C(=O)NC1CCC(O)CC1. The van der Waals surface area contributed by atoms with Gasteiger partial charge in [0.15, 0.2) is 0 Å². The largest absolute Gasteiger partial charge is 0.496 e. The van der Waals surface area contributed by atoms with E-state index in [-0.39, 0.29) is 24.2 Å². The number of carbonyl (C=O) groups is 1. The van der Waals surface area contributed by atoms with Gasteiger partial charge in [-0.25, -0.2) is 4.79 Å². The summed E-state index contributed by atoms with van der Waals surface area (Å²) < 4.78 is 5.44. The summed E-state index contributed by atoms with van der Waals surface area (Å²) in [6, 6.07) is 8.53. The quantitative estimate of drug-likeness (QED) is 0.891. The average Bonchev–Trinajstić information content (AvgIpc) is 3.06. The Morgan fingerprint density at radius 2 is 2.00 bits per heavy atom. The Labute approximate surface area is 144 Å². The third-order valence-electron chi connectivity index (χ3n) is 5.31. The molecule has 5 nitrogen and oxygen atoms in total. The first-order valence-corrected chi connectivity index (χ1v) is 9.04. The normalized spacial score (nSPS) is 27.1. The number of hydrogen-bond acceptors (Lipinski definition) is 3. The number of aliphatic hydroxyl groups is 1. The van der Waals surface area contributed by atoms with Crippen molar-refractivity contribution in [1.82, 2.24) is 10.2 Å². The van der Waals surface area contributed by atoms with E-state index in [0.717, 1.165) is 62.8 Å². The number of nitrogens with zero attached hydrogens (tertiary/aromatic N) is 1. The van der Waals surface area contributed by atoms with Gasteiger partial charge in [0.2, 0.25) is 0 Å². The van der Waals surface area contributed by atoms with E-state index in [4.69, 9.17) is 4.74 Å². The topological polar surface area (TPSA) is 61.8 Å². The van der Waals surface area contributed by atoms with Crippen molar-refractivity contribution in [2.24, 2.45) is 0 Å². The van der Waals surface area contributed by atoms with E-state index in [1.54, 1.807) is 7.11 Å². The molecule has 24 heavy (non-hydrogen) atoms. The summed E-state index contributed by atoms with van der Waals surface area (Å²) in [4.78, 5) is 14.7. The van der Waals surface area contributed by atoms with Crippen LogP contribution in [0.15, 0.2) is 24.3 Å². The lowest BCUT2D eigenvalue weighted by molar-refractivity contribution is 0.114. The third-order valence-corrected chi connectivity index (χ3v) is 5.31. The van der Waals surface area contributed by atoms with E-state index >= 15 is 0 Å². The van der Waals surface area contributed by atoms with Crippen molar-refractivity contribution < 1.29 is 14.6 Å². The fourth-order valence-corrected chi connectivity index (χ4v) is 3.92. The average molecular weight is 332 g/mol. The third kappa shape index (κ3) is 4.01. The van der Waals surface area contributed by atoms with Crippen LogP contribution in [0.5, 0.6) is 5.75 Å². The van der Waals surface area contributed by atoms with Crippen LogP contribution in [0.25, 0.3) is 0 Å². The lowest BCUT2D eigenvalue weighted by Gasteiger charge is -2.31. The first-order chi connectivity index (χ1) is 11.7. The molecule has 132 valence electrons. The highest BCUT2D eigenvalue weighted by Gasteiger charge is 2.31. The molecule has 1 aromatic rings. The highest BCUT2D eigenvalue weighted by atomic mass is 16.5. The standard InChI is InChI=1S/C19H28N2O3/c1-24-18-7-3-2-5-14(18)13-16-6-4-12-21(16)19(23)20-15-8-10-17(22)11-9-15/h2-3,5,7,15-17,22H,4,6,8-13H2,1H3,(H,20,23). The summed E-state index contributed by atoms with van der Waals surface area (Å²) in [6.45, 7) is 0.820. The van der Waals surface area contributed by atoms with Crippen molar-refractivity contribution in [2.75, 3.05) is 13.7 Å². The van der Waals surface area contributed by atoms with Crippen molar-refractivity contribution in [3.8, 4) is 5.75 Å². The summed E-state index contributed by atoms with van der Waals surface area (Å²) in [5.41, 5.74) is 1.16. The number of carbonyl (C=O) groups excluding carboxylic acids is 1. The zero-order chi connectivity index (χ0) is 16.9. The minimum atomic E-state index is -0.191. The fourth-order valence-electron chi connectivity index (χ4n) is 3.92. The number of hydrogen-bond donors (Lipinski definition) is 2. The summed E-state index contributed by atoms with van der Waals surface area (Å²) >= 11 is 0. The van der Waals surface area contributed by atoms with E-state index in [1.807, 2.05) is 23.1 Å². The molecule has 0 aromatic heterocycles. The summed E-state index contributed by atoms with van der Waals surface area (Å²) in [5, 5.41) is 12.8. The first-order valence-electron chi connectivity index (χ1n) is 9.04. The Morgan fingerprint density at radius 1 is 1.25 bits per heavy atom. The van der Waals surface area contributed by atoms with Crippen LogP contribution in [0.4, 0.5) is 4.79 Å². The predicted molar refractivity (Wildman–Crippen MR) is 93.2 cm³/mol. The molecule has 1 heterocycles. The van der Waals surface area contributed by atoms with Crippen molar-refractivity contribution >= 4 is 6.03 Å². The van der Waals surface area contributed by atoms with Crippen LogP contribution >= 0.6 is 0 Å². The summed E-state index contributed by atoms with van der Waals surface area (Å²) in [5.74, 6) is 0.894. The van der Waals surface area contributed by atoms with E-state index < -0.39 is 0 Å². The number of methoxy groups -OCH3 is 1. The second-order valence-corrected chi connectivity index (χ2v) is 6.96. The van der Waals surface area contributed by atoms with Gasteiger partial charge in [0.25, 0.3) is 0 Å². The molecule has 1 aromatic carbocycles. The summed E-state index contributed by atoms with van der Waals surface area (Å²) in [6.07, 6.45) is 6.05. The number of urea groups is 1. The van der Waals surface area contributed by atoms with Gasteiger partial charge in [-0.1, -0.05) is 18.2 Å². The first kappa shape index (κ1) is 17.1. The van der Waals surface area contributed by atoms with Gasteiger partial charge in [-0.05, 0) is 56.6 Å². The van der Waals surface area contributed by atoms with Crippen molar-refractivity contribution in [1.29, 1.82) is 0 Å². The van der Waals surface area contributed by atoms with Crippen LogP contribution in [0.2, 0.25) is 0 Å². The molecule has 1 saturated carbocycles. The molecular weight excluding hydrogens is 304 g/mol. The molecule has 2 amide bonds. The van der Waals surface area contributed by atoms with Crippen molar-refractivity contribution in [3.05, 3.63) is 29.8 Å². The maximum Gasteiger partial charge on any atom is 0.317 e. The monoisotopic (exact) mass is 332 g/mol. The zero-order valence-electron chi connectivity index (χ0n) is 14.4. The van der Waals surface area contributed by atoms with E-state index in [0.29, 0.717) is 0 Å². The molecule has 1 aliphatic heterocycles. The molecule has 1 unspecified atom stereocenters. The van der Waals surface area contributed by atoms with Crippen LogP contribution in [-0.4, -0.2) is 47.9 Å². The molecule has 3 rings (SSSR count). The lowest BCUT2D eigenvalue weighted by Crippen LogP contribution is -2.48. The Balaban J connectivity index is 1.59. The number of para-hydroxylation sites is 1. The van der Waals surface area contributed by atoms with E-state index in [1.165, 1.54) is 0 Å². The second kappa shape index (κ2) is 7.88. The molecule has 0 radical (unpaired) electrons. The molecule has 5 heteroatoms. The number of aliphatic hydroxyl groups excluding tert-OH is 1. The van der Waals surface area contributed by atoms with Gasteiger partial charge in [-0.2, -0.15) is 0 Å². The highest BCUT2D eigenvalue weighted by molar-refractivity contribution is 5.75. The molecule has 2 fully saturated rings. The summed E-state index contributed by atoms with van der Waals surface area (Å²) in [7, 11) is 1.69. The smallest absolute Gasteiger partial charge is 0.317 e. The number of amides is 2. The van der Waals surface area contributed by atoms with Gasteiger partial charge in [0, 0.05) is 18.6 Å². The van der Waals surface area contributed by atoms with Gasteiger partial charge in [0.05, 0.1) is 13.2 Å². The molecule has 0 bridgehead atoms. The highest BCUT2D eigenvalue weighted by Crippen LogP contribution is 2.26. The predicted octanol–water partition coefficient (Wildman–Crippen LogP) is 2.72. The Bertz CT molecular complexity index is 555. The van der Waals surface area contributed by atoms with E-state index in [2.05, 4.69) is 11.4 Å². The van der Waals surface area contributed by atoms with Gasteiger partial charge in [-0.15, -0.1) is 0 Å². The minimum absolute atomic E-state index is 0.0498. The molecular formula is C19H28N2O3. The van der Waals surface area contributed by atoms with Gasteiger partial charge in [-0.3, -0.25) is 0 Å². The number of benzene rings is 1. The Hall–Kier alpha value is -1.75.